The number of rotatable bonds is 5. The number of carbonyl (C=O) groups is 1. The highest BCUT2D eigenvalue weighted by Crippen LogP contribution is 2.17. The Labute approximate surface area is 103 Å². The van der Waals surface area contributed by atoms with Crippen molar-refractivity contribution >= 4 is 5.78 Å². The summed E-state index contributed by atoms with van der Waals surface area (Å²) in [5.41, 5.74) is 7.45. The first kappa shape index (κ1) is 12.3. The Balaban J connectivity index is 2.12. The van der Waals surface area contributed by atoms with Crippen LogP contribution in [0.4, 0.5) is 0 Å². The first-order chi connectivity index (χ1) is 8.31. The smallest absolute Gasteiger partial charge is 0.164 e. The van der Waals surface area contributed by atoms with Crippen LogP contribution >= 0.6 is 0 Å². The van der Waals surface area contributed by atoms with Gasteiger partial charge < -0.3 is 5.73 Å². The SMILES string of the molecule is NCCC(=O)c1ccccc1CN1CCCC1. The first-order valence-electron chi connectivity index (χ1n) is 6.35. The van der Waals surface area contributed by atoms with Crippen LogP contribution in [0.5, 0.6) is 0 Å². The van der Waals surface area contributed by atoms with Crippen molar-refractivity contribution in [3.63, 3.8) is 0 Å². The van der Waals surface area contributed by atoms with E-state index in [0.29, 0.717) is 13.0 Å². The molecule has 0 saturated carbocycles. The minimum Gasteiger partial charge on any atom is -0.330 e. The average molecular weight is 232 g/mol. The Morgan fingerprint density at radius 2 is 1.94 bits per heavy atom. The van der Waals surface area contributed by atoms with Crippen LogP contribution in [-0.4, -0.2) is 30.3 Å². The molecule has 0 amide bonds. The van der Waals surface area contributed by atoms with E-state index in [4.69, 9.17) is 5.73 Å². The van der Waals surface area contributed by atoms with Gasteiger partial charge in [0.1, 0.15) is 0 Å². The summed E-state index contributed by atoms with van der Waals surface area (Å²) in [6.07, 6.45) is 2.99. The highest BCUT2D eigenvalue weighted by Gasteiger charge is 2.15. The molecule has 0 bridgehead atoms. The number of nitrogens with zero attached hydrogens (tertiary/aromatic N) is 1. The highest BCUT2D eigenvalue weighted by molar-refractivity contribution is 5.97. The molecule has 17 heavy (non-hydrogen) atoms. The molecule has 3 heteroatoms. The Morgan fingerprint density at radius 3 is 2.65 bits per heavy atom. The molecule has 0 aliphatic carbocycles. The first-order valence-corrected chi connectivity index (χ1v) is 6.35. The summed E-state index contributed by atoms with van der Waals surface area (Å²) in [6.45, 7) is 3.63. The van der Waals surface area contributed by atoms with Gasteiger partial charge in [0.25, 0.3) is 0 Å². The Morgan fingerprint density at radius 1 is 1.24 bits per heavy atom. The minimum atomic E-state index is 0.169. The Bertz CT molecular complexity index is 384. The largest absolute Gasteiger partial charge is 0.330 e. The number of carbonyl (C=O) groups excluding carboxylic acids is 1. The van der Waals surface area contributed by atoms with Crippen molar-refractivity contribution in [1.82, 2.24) is 4.90 Å². The van der Waals surface area contributed by atoms with Gasteiger partial charge in [0, 0.05) is 18.5 Å². The van der Waals surface area contributed by atoms with E-state index in [1.165, 1.54) is 12.8 Å². The zero-order valence-electron chi connectivity index (χ0n) is 10.2. The zero-order chi connectivity index (χ0) is 12.1. The fourth-order valence-corrected chi connectivity index (χ4v) is 2.38. The van der Waals surface area contributed by atoms with Gasteiger partial charge in [-0.05, 0) is 38.0 Å². The van der Waals surface area contributed by atoms with Gasteiger partial charge in [-0.15, -0.1) is 0 Å². The molecule has 92 valence electrons. The van der Waals surface area contributed by atoms with Crippen molar-refractivity contribution in [2.24, 2.45) is 5.73 Å². The van der Waals surface area contributed by atoms with Crippen LogP contribution in [0, 0.1) is 0 Å². The van der Waals surface area contributed by atoms with Gasteiger partial charge in [0.15, 0.2) is 5.78 Å². The van der Waals surface area contributed by atoms with Gasteiger partial charge in [0.2, 0.25) is 0 Å². The van der Waals surface area contributed by atoms with Gasteiger partial charge in [-0.3, -0.25) is 9.69 Å². The summed E-state index contributed by atoms with van der Waals surface area (Å²) in [7, 11) is 0. The maximum atomic E-state index is 11.9. The number of hydrogen-bond donors (Lipinski definition) is 1. The topological polar surface area (TPSA) is 46.3 Å². The lowest BCUT2D eigenvalue weighted by Crippen LogP contribution is -2.20. The summed E-state index contributed by atoms with van der Waals surface area (Å²) in [4.78, 5) is 14.4. The van der Waals surface area contributed by atoms with Crippen molar-refractivity contribution in [3.8, 4) is 0 Å². The summed E-state index contributed by atoms with van der Waals surface area (Å²) in [6, 6.07) is 7.91. The quantitative estimate of drug-likeness (QED) is 0.788. The number of ketones is 1. The van der Waals surface area contributed by atoms with Crippen molar-refractivity contribution in [2.75, 3.05) is 19.6 Å². The summed E-state index contributed by atoms with van der Waals surface area (Å²) in [5.74, 6) is 0.169. The van der Waals surface area contributed by atoms with Crippen LogP contribution in [-0.2, 0) is 6.54 Å². The Kier molecular flexibility index (Phi) is 4.29. The van der Waals surface area contributed by atoms with Crippen LogP contribution in [0.1, 0.15) is 35.2 Å². The van der Waals surface area contributed by atoms with E-state index in [1.54, 1.807) is 0 Å². The molecule has 0 radical (unpaired) electrons. The second-order valence-corrected chi connectivity index (χ2v) is 4.60. The summed E-state index contributed by atoms with van der Waals surface area (Å²) >= 11 is 0. The number of likely N-dealkylation sites (tertiary alicyclic amines) is 1. The van der Waals surface area contributed by atoms with Crippen molar-refractivity contribution in [2.45, 2.75) is 25.8 Å². The van der Waals surface area contributed by atoms with Gasteiger partial charge in [0.05, 0.1) is 0 Å². The molecule has 0 atom stereocenters. The lowest BCUT2D eigenvalue weighted by molar-refractivity contribution is 0.0983. The molecule has 1 fully saturated rings. The predicted molar refractivity (Wildman–Crippen MR) is 69.0 cm³/mol. The van der Waals surface area contributed by atoms with Gasteiger partial charge in [-0.1, -0.05) is 24.3 Å². The number of nitrogens with two attached hydrogens (primary N) is 1. The molecule has 1 aliphatic rings. The fraction of sp³-hybridized carbons (Fsp3) is 0.500. The average Bonchev–Trinajstić information content (AvgIpc) is 2.83. The minimum absolute atomic E-state index is 0.169. The molecule has 1 saturated heterocycles. The van der Waals surface area contributed by atoms with Crippen LogP contribution in [0.15, 0.2) is 24.3 Å². The second-order valence-electron chi connectivity index (χ2n) is 4.60. The van der Waals surface area contributed by atoms with E-state index >= 15 is 0 Å². The van der Waals surface area contributed by atoms with Crippen LogP contribution in [0.3, 0.4) is 0 Å². The van der Waals surface area contributed by atoms with E-state index in [9.17, 15) is 4.79 Å². The monoisotopic (exact) mass is 232 g/mol. The standard InChI is InChI=1S/C14H20N2O/c15-8-7-14(17)13-6-2-1-5-12(13)11-16-9-3-4-10-16/h1-2,5-6H,3-4,7-11,15H2. The van der Waals surface area contributed by atoms with Crippen molar-refractivity contribution in [1.29, 1.82) is 0 Å². The molecule has 2 N–H and O–H groups in total. The van der Waals surface area contributed by atoms with Crippen LogP contribution in [0.25, 0.3) is 0 Å². The lowest BCUT2D eigenvalue weighted by atomic mass is 10.0. The predicted octanol–water partition coefficient (Wildman–Crippen LogP) is 1.81. The zero-order valence-corrected chi connectivity index (χ0v) is 10.2. The number of hydrogen-bond acceptors (Lipinski definition) is 3. The second kappa shape index (κ2) is 5.94. The molecule has 0 spiro atoms. The van der Waals surface area contributed by atoms with E-state index in [2.05, 4.69) is 11.0 Å². The third kappa shape index (κ3) is 3.14. The molecular formula is C14H20N2O. The van der Waals surface area contributed by atoms with E-state index in [1.807, 2.05) is 18.2 Å². The molecule has 1 heterocycles. The molecule has 0 aromatic heterocycles. The highest BCUT2D eigenvalue weighted by atomic mass is 16.1. The Hall–Kier alpha value is -1.19. The third-order valence-electron chi connectivity index (χ3n) is 3.28. The molecular weight excluding hydrogens is 212 g/mol. The van der Waals surface area contributed by atoms with Crippen molar-refractivity contribution < 1.29 is 4.79 Å². The molecule has 1 aromatic carbocycles. The molecule has 1 aromatic rings. The van der Waals surface area contributed by atoms with Gasteiger partial charge in [-0.25, -0.2) is 0 Å². The fourth-order valence-electron chi connectivity index (χ4n) is 2.38. The van der Waals surface area contributed by atoms with Crippen LogP contribution < -0.4 is 5.73 Å². The summed E-state index contributed by atoms with van der Waals surface area (Å²) < 4.78 is 0. The third-order valence-corrected chi connectivity index (χ3v) is 3.28. The summed E-state index contributed by atoms with van der Waals surface area (Å²) in [5, 5.41) is 0. The van der Waals surface area contributed by atoms with Crippen LogP contribution in [0.2, 0.25) is 0 Å². The number of Topliss-reactive ketones (excluding diaryl/α,β-unsaturated/α-hetero) is 1. The maximum Gasteiger partial charge on any atom is 0.164 e. The van der Waals surface area contributed by atoms with E-state index in [-0.39, 0.29) is 5.78 Å². The van der Waals surface area contributed by atoms with E-state index < -0.39 is 0 Å². The van der Waals surface area contributed by atoms with Gasteiger partial charge >= 0.3 is 0 Å². The molecule has 1 aliphatic heterocycles. The van der Waals surface area contributed by atoms with Crippen molar-refractivity contribution in [3.05, 3.63) is 35.4 Å². The normalized spacial score (nSPS) is 16.3. The number of benzene rings is 1. The lowest BCUT2D eigenvalue weighted by Gasteiger charge is -2.16. The van der Waals surface area contributed by atoms with E-state index in [0.717, 1.165) is 30.8 Å². The van der Waals surface area contributed by atoms with Gasteiger partial charge in [-0.2, -0.15) is 0 Å². The molecule has 0 unspecified atom stereocenters. The molecule has 3 nitrogen and oxygen atoms in total. The molecule has 2 rings (SSSR count). The maximum absolute atomic E-state index is 11.9.